The van der Waals surface area contributed by atoms with Gasteiger partial charge >= 0.3 is 0 Å². The summed E-state index contributed by atoms with van der Waals surface area (Å²) in [5.74, 6) is 0. The summed E-state index contributed by atoms with van der Waals surface area (Å²) in [4.78, 5) is 9.68. The molecule has 0 bridgehead atoms. The van der Waals surface area contributed by atoms with E-state index < -0.39 is 14.5 Å². The molecule has 110 valence electrons. The van der Waals surface area contributed by atoms with Gasteiger partial charge in [-0.15, -0.1) is 0 Å². The number of ether oxygens (including phenoxy) is 1. The summed E-state index contributed by atoms with van der Waals surface area (Å²) >= 11 is 0. The third-order valence-electron chi connectivity index (χ3n) is 2.57. The molecule has 0 saturated heterocycles. The van der Waals surface area contributed by atoms with Crippen molar-refractivity contribution in [3.63, 3.8) is 0 Å². The molecular weight excluding hydrogens is 255 g/mol. The molecule has 0 aromatic carbocycles. The maximum absolute atomic E-state index is 9.68. The SMILES string of the molecule is CCC(CC(C)OP(O)C(C)C)OC(CO)CO. The van der Waals surface area contributed by atoms with Crippen LogP contribution < -0.4 is 0 Å². The Labute approximate surface area is 111 Å². The largest absolute Gasteiger partial charge is 0.394 e. The Kier molecular flexibility index (Phi) is 10.2. The molecule has 3 N–H and O–H groups in total. The average molecular weight is 282 g/mol. The predicted octanol–water partition coefficient (Wildman–Crippen LogP) is 1.64. The minimum absolute atomic E-state index is 0.0835. The van der Waals surface area contributed by atoms with Crippen molar-refractivity contribution in [3.05, 3.63) is 0 Å². The topological polar surface area (TPSA) is 79.2 Å². The molecule has 0 aliphatic rings. The first-order chi connectivity index (χ1) is 8.44. The van der Waals surface area contributed by atoms with E-state index in [1.807, 2.05) is 27.7 Å². The molecule has 6 heteroatoms. The lowest BCUT2D eigenvalue weighted by Gasteiger charge is -2.26. The normalized spacial score (nSPS) is 17.2. The Hall–Kier alpha value is 0.230. The van der Waals surface area contributed by atoms with Gasteiger partial charge in [0.2, 0.25) is 0 Å². The molecule has 0 fully saturated rings. The fourth-order valence-corrected chi connectivity index (χ4v) is 2.15. The molecule has 18 heavy (non-hydrogen) atoms. The van der Waals surface area contributed by atoms with Crippen LogP contribution in [0.25, 0.3) is 0 Å². The Morgan fingerprint density at radius 1 is 1.06 bits per heavy atom. The second-order valence-electron chi connectivity index (χ2n) is 4.70. The van der Waals surface area contributed by atoms with Crippen LogP contribution in [-0.2, 0) is 9.26 Å². The molecule has 0 radical (unpaired) electrons. The molecule has 0 aliphatic carbocycles. The van der Waals surface area contributed by atoms with Crippen LogP contribution in [0.15, 0.2) is 0 Å². The summed E-state index contributed by atoms with van der Waals surface area (Å²) < 4.78 is 11.1. The molecule has 3 unspecified atom stereocenters. The van der Waals surface area contributed by atoms with Crippen LogP contribution in [0.3, 0.4) is 0 Å². The van der Waals surface area contributed by atoms with Gasteiger partial charge in [-0.1, -0.05) is 20.8 Å². The first-order valence-electron chi connectivity index (χ1n) is 6.46. The van der Waals surface area contributed by atoms with Crippen molar-refractivity contribution in [2.75, 3.05) is 13.2 Å². The van der Waals surface area contributed by atoms with E-state index in [-0.39, 0.29) is 31.1 Å². The summed E-state index contributed by atoms with van der Waals surface area (Å²) in [5.41, 5.74) is 0.117. The average Bonchev–Trinajstić information content (AvgIpc) is 2.33. The van der Waals surface area contributed by atoms with Crippen molar-refractivity contribution in [3.8, 4) is 0 Å². The van der Waals surface area contributed by atoms with Crippen LogP contribution in [0.4, 0.5) is 0 Å². The van der Waals surface area contributed by atoms with E-state index in [0.717, 1.165) is 6.42 Å². The highest BCUT2D eigenvalue weighted by atomic mass is 31.2. The van der Waals surface area contributed by atoms with Crippen LogP contribution in [-0.4, -0.2) is 52.3 Å². The zero-order valence-corrected chi connectivity index (χ0v) is 12.6. The Balaban J connectivity index is 4.10. The predicted molar refractivity (Wildman–Crippen MR) is 72.6 cm³/mol. The van der Waals surface area contributed by atoms with Crippen LogP contribution in [0.5, 0.6) is 0 Å². The number of hydrogen-bond donors (Lipinski definition) is 3. The second-order valence-corrected chi connectivity index (χ2v) is 6.55. The van der Waals surface area contributed by atoms with Crippen molar-refractivity contribution >= 4 is 8.38 Å². The van der Waals surface area contributed by atoms with E-state index in [2.05, 4.69) is 0 Å². The molecule has 0 rings (SSSR count). The molecule has 3 atom stereocenters. The van der Waals surface area contributed by atoms with Gasteiger partial charge in [-0.2, -0.15) is 0 Å². The van der Waals surface area contributed by atoms with Gasteiger partial charge in [-0.05, 0) is 19.8 Å². The maximum atomic E-state index is 9.68. The smallest absolute Gasteiger partial charge is 0.170 e. The van der Waals surface area contributed by atoms with Crippen LogP contribution in [0.2, 0.25) is 0 Å². The van der Waals surface area contributed by atoms with Gasteiger partial charge in [-0.3, -0.25) is 0 Å². The lowest BCUT2D eigenvalue weighted by molar-refractivity contribution is -0.0748. The first-order valence-corrected chi connectivity index (χ1v) is 7.74. The van der Waals surface area contributed by atoms with E-state index in [1.165, 1.54) is 0 Å². The van der Waals surface area contributed by atoms with Crippen molar-refractivity contribution in [1.82, 2.24) is 0 Å². The highest BCUT2D eigenvalue weighted by molar-refractivity contribution is 7.46. The molecular formula is C12H27O5P. The van der Waals surface area contributed by atoms with E-state index in [9.17, 15) is 4.89 Å². The van der Waals surface area contributed by atoms with E-state index in [1.54, 1.807) is 0 Å². The van der Waals surface area contributed by atoms with E-state index in [0.29, 0.717) is 6.42 Å². The highest BCUT2D eigenvalue weighted by Gasteiger charge is 2.20. The number of hydrogen-bond acceptors (Lipinski definition) is 5. The molecule has 0 aromatic rings. The fourth-order valence-electron chi connectivity index (χ4n) is 1.45. The monoisotopic (exact) mass is 282 g/mol. The van der Waals surface area contributed by atoms with Gasteiger partial charge < -0.3 is 24.4 Å². The van der Waals surface area contributed by atoms with E-state index in [4.69, 9.17) is 19.5 Å². The van der Waals surface area contributed by atoms with Gasteiger partial charge in [0.25, 0.3) is 0 Å². The Bertz CT molecular complexity index is 199. The van der Waals surface area contributed by atoms with Gasteiger partial charge in [-0.25, -0.2) is 0 Å². The van der Waals surface area contributed by atoms with Crippen molar-refractivity contribution in [1.29, 1.82) is 0 Å². The number of aliphatic hydroxyl groups is 2. The minimum atomic E-state index is -1.40. The Morgan fingerprint density at radius 3 is 2.00 bits per heavy atom. The molecule has 5 nitrogen and oxygen atoms in total. The van der Waals surface area contributed by atoms with Gasteiger partial charge in [0.05, 0.1) is 25.4 Å². The summed E-state index contributed by atoms with van der Waals surface area (Å²) in [6.45, 7) is 7.32. The quantitative estimate of drug-likeness (QED) is 0.531. The minimum Gasteiger partial charge on any atom is -0.394 e. The lowest BCUT2D eigenvalue weighted by atomic mass is 10.1. The third kappa shape index (κ3) is 7.62. The second kappa shape index (κ2) is 10.1. The molecule has 0 aliphatic heterocycles. The maximum Gasteiger partial charge on any atom is 0.170 e. The highest BCUT2D eigenvalue weighted by Crippen LogP contribution is 2.39. The van der Waals surface area contributed by atoms with Gasteiger partial charge in [0.1, 0.15) is 6.10 Å². The first kappa shape index (κ1) is 18.2. The van der Waals surface area contributed by atoms with Crippen LogP contribution in [0, 0.1) is 0 Å². The van der Waals surface area contributed by atoms with E-state index >= 15 is 0 Å². The zero-order chi connectivity index (χ0) is 14.1. The molecule has 0 heterocycles. The van der Waals surface area contributed by atoms with Crippen molar-refractivity contribution in [2.45, 2.75) is 64.5 Å². The fraction of sp³-hybridized carbons (Fsp3) is 1.00. The van der Waals surface area contributed by atoms with Crippen LogP contribution >= 0.6 is 8.38 Å². The number of aliphatic hydroxyl groups excluding tert-OH is 2. The number of rotatable bonds is 10. The lowest BCUT2D eigenvalue weighted by Crippen LogP contribution is -2.30. The summed E-state index contributed by atoms with van der Waals surface area (Å²) in [5, 5.41) is 17.9. The van der Waals surface area contributed by atoms with Gasteiger partial charge in [0, 0.05) is 5.66 Å². The molecule has 0 aromatic heterocycles. The third-order valence-corrected chi connectivity index (χ3v) is 4.03. The summed E-state index contributed by atoms with van der Waals surface area (Å²) in [6.07, 6.45) is 0.684. The summed E-state index contributed by atoms with van der Waals surface area (Å²) in [6, 6.07) is 0. The van der Waals surface area contributed by atoms with Gasteiger partial charge in [0.15, 0.2) is 8.38 Å². The molecule has 0 amide bonds. The van der Waals surface area contributed by atoms with Crippen LogP contribution in [0.1, 0.15) is 40.5 Å². The van der Waals surface area contributed by atoms with Crippen molar-refractivity contribution in [2.24, 2.45) is 0 Å². The molecule has 0 saturated carbocycles. The standard InChI is InChI=1S/C12H27O5P/c1-5-11(16-12(7-13)8-14)6-10(4)17-18(15)9(2)3/h9-15H,5-8H2,1-4H3. The Morgan fingerprint density at radius 2 is 1.61 bits per heavy atom. The zero-order valence-electron chi connectivity index (χ0n) is 11.7. The van der Waals surface area contributed by atoms with Crippen molar-refractivity contribution < 1.29 is 24.4 Å². The molecule has 0 spiro atoms. The summed E-state index contributed by atoms with van der Waals surface area (Å²) in [7, 11) is -1.40.